The van der Waals surface area contributed by atoms with E-state index in [1.54, 1.807) is 6.07 Å². The molecule has 1 fully saturated rings. The van der Waals surface area contributed by atoms with E-state index in [0.717, 1.165) is 25.9 Å². The summed E-state index contributed by atoms with van der Waals surface area (Å²) in [4.78, 5) is 22.1. The normalized spacial score (nSPS) is 18.6. The molecule has 7 heteroatoms. The van der Waals surface area contributed by atoms with Gasteiger partial charge in [-0.3, -0.25) is 14.9 Å². The van der Waals surface area contributed by atoms with Gasteiger partial charge in [-0.2, -0.15) is 0 Å². The highest BCUT2D eigenvalue weighted by atomic mass is 79.9. The summed E-state index contributed by atoms with van der Waals surface area (Å²) in [6.45, 7) is 1.89. The van der Waals surface area contributed by atoms with Gasteiger partial charge in [-0.05, 0) is 53.8 Å². The maximum absolute atomic E-state index is 12.0. The van der Waals surface area contributed by atoms with E-state index >= 15 is 0 Å². The molecule has 0 aromatic heterocycles. The number of hydrogen-bond acceptors (Lipinski definition) is 4. The van der Waals surface area contributed by atoms with Crippen molar-refractivity contribution < 1.29 is 9.72 Å². The maximum Gasteiger partial charge on any atom is 0.270 e. The van der Waals surface area contributed by atoms with E-state index in [-0.39, 0.29) is 11.6 Å². The largest absolute Gasteiger partial charge is 0.325 e. The second kappa shape index (κ2) is 6.81. The highest BCUT2D eigenvalue weighted by Crippen LogP contribution is 2.27. The van der Waals surface area contributed by atoms with Gasteiger partial charge in [0.25, 0.3) is 5.69 Å². The molecular weight excluding hydrogens is 326 g/mol. The molecule has 0 radical (unpaired) electrons. The van der Waals surface area contributed by atoms with Crippen LogP contribution in [0.25, 0.3) is 0 Å². The van der Waals surface area contributed by atoms with Gasteiger partial charge in [0, 0.05) is 23.0 Å². The highest BCUT2D eigenvalue weighted by Gasteiger charge is 2.18. The van der Waals surface area contributed by atoms with Gasteiger partial charge in [-0.15, -0.1) is 0 Å². The first kappa shape index (κ1) is 14.9. The molecule has 1 unspecified atom stereocenters. The Morgan fingerprint density at radius 3 is 2.95 bits per heavy atom. The summed E-state index contributed by atoms with van der Waals surface area (Å²) in [6, 6.07) is 4.31. The Bertz CT molecular complexity index is 516. The Morgan fingerprint density at radius 2 is 2.35 bits per heavy atom. The molecule has 1 aromatic carbocycles. The fraction of sp³-hybridized carbons (Fsp3) is 0.462. The van der Waals surface area contributed by atoms with Crippen molar-refractivity contribution in [1.29, 1.82) is 0 Å². The second-order valence-electron chi connectivity index (χ2n) is 4.89. The molecule has 1 heterocycles. The zero-order chi connectivity index (χ0) is 14.5. The number of nitro benzene ring substituents is 1. The molecule has 1 amide bonds. The molecule has 0 saturated carbocycles. The third kappa shape index (κ3) is 4.01. The van der Waals surface area contributed by atoms with Crippen LogP contribution in [0.3, 0.4) is 0 Å². The van der Waals surface area contributed by atoms with Crippen LogP contribution in [0, 0.1) is 16.0 Å². The van der Waals surface area contributed by atoms with Gasteiger partial charge in [0.2, 0.25) is 5.91 Å². The summed E-state index contributed by atoms with van der Waals surface area (Å²) in [7, 11) is 0. The van der Waals surface area contributed by atoms with Gasteiger partial charge in [0.1, 0.15) is 0 Å². The summed E-state index contributed by atoms with van der Waals surface area (Å²) < 4.78 is 0.516. The molecule has 0 aliphatic carbocycles. The van der Waals surface area contributed by atoms with Crippen molar-refractivity contribution >= 4 is 33.2 Å². The quantitative estimate of drug-likeness (QED) is 0.651. The zero-order valence-electron chi connectivity index (χ0n) is 10.9. The number of hydrogen-bond donors (Lipinski definition) is 2. The number of anilines is 1. The molecule has 20 heavy (non-hydrogen) atoms. The van der Waals surface area contributed by atoms with Crippen LogP contribution in [0.5, 0.6) is 0 Å². The molecule has 1 atom stereocenters. The van der Waals surface area contributed by atoms with Crippen LogP contribution in [0.1, 0.15) is 19.3 Å². The number of carbonyl (C=O) groups is 1. The standard InChI is InChI=1S/C13H16BrN3O3/c14-11-7-10(17(19)20)3-4-12(11)16-13(18)6-9-2-1-5-15-8-9/h3-4,7,9,15H,1-2,5-6,8H2,(H,16,18). The molecular formula is C13H16BrN3O3. The summed E-state index contributed by atoms with van der Waals surface area (Å²) >= 11 is 3.24. The lowest BCUT2D eigenvalue weighted by molar-refractivity contribution is -0.384. The first-order chi connectivity index (χ1) is 9.56. The Kier molecular flexibility index (Phi) is 5.08. The minimum atomic E-state index is -0.468. The van der Waals surface area contributed by atoms with Crippen molar-refractivity contribution in [2.45, 2.75) is 19.3 Å². The zero-order valence-corrected chi connectivity index (χ0v) is 12.5. The number of piperidine rings is 1. The van der Waals surface area contributed by atoms with Crippen molar-refractivity contribution in [3.63, 3.8) is 0 Å². The van der Waals surface area contributed by atoms with Crippen LogP contribution in [-0.4, -0.2) is 23.9 Å². The van der Waals surface area contributed by atoms with Gasteiger partial charge in [-0.25, -0.2) is 0 Å². The van der Waals surface area contributed by atoms with E-state index in [0.29, 0.717) is 22.5 Å². The molecule has 2 N–H and O–H groups in total. The number of nitrogens with one attached hydrogen (secondary N) is 2. The number of carbonyl (C=O) groups excluding carboxylic acids is 1. The molecule has 0 bridgehead atoms. The number of amides is 1. The van der Waals surface area contributed by atoms with E-state index in [1.807, 2.05) is 0 Å². The third-order valence-electron chi connectivity index (χ3n) is 3.31. The summed E-state index contributed by atoms with van der Waals surface area (Å²) in [5, 5.41) is 16.7. The van der Waals surface area contributed by atoms with Gasteiger partial charge >= 0.3 is 0 Å². The average molecular weight is 342 g/mol. The van der Waals surface area contributed by atoms with Crippen LogP contribution in [0.4, 0.5) is 11.4 Å². The Labute approximate surface area is 125 Å². The summed E-state index contributed by atoms with van der Waals surface area (Å²) in [5.41, 5.74) is 0.552. The highest BCUT2D eigenvalue weighted by molar-refractivity contribution is 9.10. The van der Waals surface area contributed by atoms with Gasteiger partial charge in [0.05, 0.1) is 10.6 Å². The Hall–Kier alpha value is -1.47. The average Bonchev–Trinajstić information content (AvgIpc) is 2.42. The minimum Gasteiger partial charge on any atom is -0.325 e. The van der Waals surface area contributed by atoms with Gasteiger partial charge < -0.3 is 10.6 Å². The summed E-state index contributed by atoms with van der Waals surface area (Å²) in [6.07, 6.45) is 2.62. The van der Waals surface area contributed by atoms with Gasteiger partial charge in [0.15, 0.2) is 0 Å². The van der Waals surface area contributed by atoms with Crippen molar-refractivity contribution in [3.05, 3.63) is 32.8 Å². The van der Waals surface area contributed by atoms with Crippen molar-refractivity contribution in [3.8, 4) is 0 Å². The molecule has 1 aliphatic heterocycles. The summed E-state index contributed by atoms with van der Waals surface area (Å²) in [5.74, 6) is 0.300. The predicted molar refractivity (Wildman–Crippen MR) is 79.6 cm³/mol. The SMILES string of the molecule is O=C(CC1CCCNC1)Nc1ccc([N+](=O)[O-])cc1Br. The lowest BCUT2D eigenvalue weighted by Crippen LogP contribution is -2.32. The van der Waals surface area contributed by atoms with Crippen molar-refractivity contribution in [1.82, 2.24) is 5.32 Å². The van der Waals surface area contributed by atoms with E-state index in [2.05, 4.69) is 26.6 Å². The molecule has 1 aromatic rings. The Balaban J connectivity index is 1.95. The number of non-ortho nitro benzene ring substituents is 1. The molecule has 0 spiro atoms. The van der Waals surface area contributed by atoms with Crippen molar-refractivity contribution in [2.24, 2.45) is 5.92 Å². The van der Waals surface area contributed by atoms with Crippen LogP contribution >= 0.6 is 15.9 Å². The first-order valence-corrected chi connectivity index (χ1v) is 7.30. The number of halogens is 1. The number of nitro groups is 1. The molecule has 1 aliphatic rings. The van der Waals surface area contributed by atoms with E-state index < -0.39 is 4.92 Å². The minimum absolute atomic E-state index is 0.00801. The van der Waals surface area contributed by atoms with Crippen LogP contribution in [0.2, 0.25) is 0 Å². The monoisotopic (exact) mass is 341 g/mol. The molecule has 1 saturated heterocycles. The lowest BCUT2D eigenvalue weighted by atomic mass is 9.96. The fourth-order valence-corrected chi connectivity index (χ4v) is 2.75. The predicted octanol–water partition coefficient (Wildman–Crippen LogP) is 2.69. The maximum atomic E-state index is 12.0. The first-order valence-electron chi connectivity index (χ1n) is 6.51. The molecule has 6 nitrogen and oxygen atoms in total. The van der Waals surface area contributed by atoms with Gasteiger partial charge in [-0.1, -0.05) is 0 Å². The molecule has 2 rings (SSSR count). The third-order valence-corrected chi connectivity index (χ3v) is 3.97. The van der Waals surface area contributed by atoms with Crippen molar-refractivity contribution in [2.75, 3.05) is 18.4 Å². The number of rotatable bonds is 4. The fourth-order valence-electron chi connectivity index (χ4n) is 2.28. The lowest BCUT2D eigenvalue weighted by Gasteiger charge is -2.22. The van der Waals surface area contributed by atoms with E-state index in [9.17, 15) is 14.9 Å². The van der Waals surface area contributed by atoms with Crippen LogP contribution < -0.4 is 10.6 Å². The number of nitrogens with zero attached hydrogens (tertiary/aromatic N) is 1. The Morgan fingerprint density at radius 1 is 1.55 bits per heavy atom. The van der Waals surface area contributed by atoms with Crippen LogP contribution in [-0.2, 0) is 4.79 Å². The smallest absolute Gasteiger partial charge is 0.270 e. The van der Waals surface area contributed by atoms with Crippen LogP contribution in [0.15, 0.2) is 22.7 Å². The van der Waals surface area contributed by atoms with E-state index in [4.69, 9.17) is 0 Å². The topological polar surface area (TPSA) is 84.3 Å². The van der Waals surface area contributed by atoms with E-state index in [1.165, 1.54) is 12.1 Å². The molecule has 108 valence electrons. The number of benzene rings is 1. The second-order valence-corrected chi connectivity index (χ2v) is 5.74.